The molecule has 0 bridgehead atoms. The highest BCUT2D eigenvalue weighted by molar-refractivity contribution is 9.11. The molecule has 4 aromatic heterocycles. The molecule has 0 saturated carbocycles. The fourth-order valence-corrected chi connectivity index (χ4v) is 8.21. The van der Waals surface area contributed by atoms with Gasteiger partial charge in [-0.05, 0) is 112 Å². The normalized spacial score (nSPS) is 11.1. The van der Waals surface area contributed by atoms with Gasteiger partial charge in [0, 0.05) is 49.9 Å². The van der Waals surface area contributed by atoms with Crippen molar-refractivity contribution in [1.29, 1.82) is 0 Å². The second-order valence-corrected chi connectivity index (χ2v) is 21.7. The van der Waals surface area contributed by atoms with Gasteiger partial charge in [0.1, 0.15) is 48.3 Å². The minimum absolute atomic E-state index is 0.0325. The van der Waals surface area contributed by atoms with E-state index in [1.807, 2.05) is 0 Å². The number of hydrogen-bond donors (Lipinski definition) is 3. The van der Waals surface area contributed by atoms with E-state index in [-0.39, 0.29) is 38.0 Å². The lowest BCUT2D eigenvalue weighted by atomic mass is 10.1. The lowest BCUT2D eigenvalue weighted by molar-refractivity contribution is 0.287. The van der Waals surface area contributed by atoms with E-state index in [2.05, 4.69) is 84.4 Å². The molecule has 0 atom stereocenters. The number of benzene rings is 2. The Hall–Kier alpha value is -3.41. The molecular weight excluding hydrogens is 991 g/mol. The third-order valence-electron chi connectivity index (χ3n) is 7.24. The number of aryl methyl sites for hydroxylation is 2. The number of anilines is 3. The van der Waals surface area contributed by atoms with Crippen LogP contribution in [-0.2, 0) is 23.2 Å². The van der Waals surface area contributed by atoms with E-state index in [0.717, 1.165) is 12.8 Å². The number of aliphatic hydroxyl groups is 1. The Balaban J connectivity index is 0.000000241. The number of nitrogens with zero attached hydrogens (tertiary/aromatic N) is 10. The van der Waals surface area contributed by atoms with Crippen LogP contribution in [0.15, 0.2) is 58.0 Å². The fourth-order valence-electron chi connectivity index (χ4n) is 4.70. The highest BCUT2D eigenvalue weighted by Gasteiger charge is 2.26. The van der Waals surface area contributed by atoms with Crippen LogP contribution in [0.1, 0.15) is 19.8 Å². The zero-order valence-electron chi connectivity index (χ0n) is 32.1. The van der Waals surface area contributed by atoms with E-state index in [0.29, 0.717) is 43.6 Å². The predicted octanol–water partition coefficient (Wildman–Crippen LogP) is 8.59. The number of rotatable bonds is 8. The lowest BCUT2D eigenvalue weighted by Crippen LogP contribution is -2.16. The highest BCUT2D eigenvalue weighted by Crippen LogP contribution is 2.42. The molecule has 2 aromatic carbocycles. The van der Waals surface area contributed by atoms with Gasteiger partial charge >= 0.3 is 0 Å². The number of unbranched alkanes of at least 4 members (excludes halogenated alkanes) is 1. The number of hydrogen-bond acceptors (Lipinski definition) is 13. The molecule has 0 radical (unpaired) electrons. The largest absolute Gasteiger partial charge is 0.398 e. The molecule has 4 heterocycles. The number of nitrogens with two attached hydrogens (primary N) is 1. The SMILES string of the molecule is CCCCO.Clc1ncc(Br)c(Cl)n1.Cn1ncc(-c2ccc(N)c(P(C)(C)=O)c2F)n1.Cn1ncc(-c2ccc(Nc3nc(Cl)ncc3Br)c(P(C)(C)=O)c2F)n1. The van der Waals surface area contributed by atoms with Crippen LogP contribution in [0.2, 0.25) is 15.7 Å². The molecule has 312 valence electrons. The monoisotopic (exact) mass is 1030 g/mol. The van der Waals surface area contributed by atoms with Crippen molar-refractivity contribution >= 4 is 109 Å². The molecule has 24 heteroatoms. The molecule has 0 fully saturated rings. The molecule has 0 saturated heterocycles. The Labute approximate surface area is 365 Å². The van der Waals surface area contributed by atoms with Crippen molar-refractivity contribution in [2.45, 2.75) is 19.8 Å². The molecule has 15 nitrogen and oxygen atoms in total. The third kappa shape index (κ3) is 13.8. The second-order valence-electron chi connectivity index (χ2n) is 12.6. The van der Waals surface area contributed by atoms with Crippen LogP contribution in [0.3, 0.4) is 0 Å². The van der Waals surface area contributed by atoms with Gasteiger partial charge in [0.05, 0.1) is 37.6 Å². The van der Waals surface area contributed by atoms with Gasteiger partial charge in [0.25, 0.3) is 0 Å². The molecular formula is C34H39Br2Cl3F2N12O3P2. The van der Waals surface area contributed by atoms with Crippen molar-refractivity contribution in [2.75, 3.05) is 44.3 Å². The van der Waals surface area contributed by atoms with Crippen molar-refractivity contribution in [3.05, 3.63) is 85.4 Å². The Bertz CT molecular complexity index is 2450. The minimum Gasteiger partial charge on any atom is -0.398 e. The molecule has 58 heavy (non-hydrogen) atoms. The van der Waals surface area contributed by atoms with Gasteiger partial charge in [-0.15, -0.1) is 0 Å². The van der Waals surface area contributed by atoms with Crippen molar-refractivity contribution in [3.63, 3.8) is 0 Å². The first-order valence-corrected chi connectivity index (χ1v) is 24.7. The van der Waals surface area contributed by atoms with Crippen LogP contribution in [-0.4, -0.2) is 88.3 Å². The fraction of sp³-hybridized carbons (Fsp3) is 0.294. The quantitative estimate of drug-likeness (QED) is 0.0566. The summed E-state index contributed by atoms with van der Waals surface area (Å²) in [5.74, 6) is -0.852. The zero-order chi connectivity index (χ0) is 43.5. The summed E-state index contributed by atoms with van der Waals surface area (Å²) < 4.78 is 55.7. The van der Waals surface area contributed by atoms with Crippen LogP contribution in [0.25, 0.3) is 22.5 Å². The first-order valence-electron chi connectivity index (χ1n) is 16.7. The molecule has 0 aliphatic carbocycles. The van der Waals surface area contributed by atoms with Crippen molar-refractivity contribution in [3.8, 4) is 22.5 Å². The van der Waals surface area contributed by atoms with E-state index in [4.69, 9.17) is 45.6 Å². The summed E-state index contributed by atoms with van der Waals surface area (Å²) in [6.07, 6.45) is 7.91. The molecule has 0 spiro atoms. The van der Waals surface area contributed by atoms with Gasteiger partial charge < -0.3 is 25.3 Å². The Kier molecular flexibility index (Phi) is 18.3. The van der Waals surface area contributed by atoms with E-state index >= 15 is 4.39 Å². The van der Waals surface area contributed by atoms with Crippen LogP contribution < -0.4 is 21.7 Å². The van der Waals surface area contributed by atoms with Crippen LogP contribution in [0.5, 0.6) is 0 Å². The highest BCUT2D eigenvalue weighted by atomic mass is 79.9. The number of nitrogens with one attached hydrogen (secondary N) is 1. The summed E-state index contributed by atoms with van der Waals surface area (Å²) >= 11 is 23.2. The average molecular weight is 1030 g/mol. The number of aromatic nitrogens is 10. The molecule has 0 unspecified atom stereocenters. The molecule has 0 aliphatic rings. The summed E-state index contributed by atoms with van der Waals surface area (Å²) in [6.45, 7) is 8.37. The molecule has 4 N–H and O–H groups in total. The van der Waals surface area contributed by atoms with Gasteiger partial charge in [-0.25, -0.2) is 23.7 Å². The van der Waals surface area contributed by atoms with Crippen LogP contribution in [0, 0.1) is 11.6 Å². The van der Waals surface area contributed by atoms with Gasteiger partial charge in [-0.1, -0.05) is 24.9 Å². The van der Waals surface area contributed by atoms with Crippen molar-refractivity contribution in [2.24, 2.45) is 14.1 Å². The minimum atomic E-state index is -2.98. The van der Waals surface area contributed by atoms with Gasteiger partial charge in [-0.2, -0.15) is 35.0 Å². The first kappa shape index (κ1) is 49.0. The van der Waals surface area contributed by atoms with E-state index in [1.54, 1.807) is 32.3 Å². The van der Waals surface area contributed by atoms with Gasteiger partial charge in [0.2, 0.25) is 10.6 Å². The maximum absolute atomic E-state index is 15.2. The van der Waals surface area contributed by atoms with Crippen LogP contribution >= 0.6 is 80.9 Å². The number of halogens is 7. The molecule has 0 aliphatic heterocycles. The Morgan fingerprint density at radius 1 is 0.776 bits per heavy atom. The lowest BCUT2D eigenvalue weighted by Gasteiger charge is -2.18. The van der Waals surface area contributed by atoms with E-state index < -0.39 is 25.9 Å². The first-order chi connectivity index (χ1) is 27.1. The average Bonchev–Trinajstić information content (AvgIpc) is 3.76. The van der Waals surface area contributed by atoms with Gasteiger partial charge in [-0.3, -0.25) is 0 Å². The summed E-state index contributed by atoms with van der Waals surface area (Å²) in [4.78, 5) is 17.9. The smallest absolute Gasteiger partial charge is 0.224 e. The Morgan fingerprint density at radius 3 is 1.67 bits per heavy atom. The maximum Gasteiger partial charge on any atom is 0.224 e. The molecule has 6 rings (SSSR count). The maximum atomic E-state index is 15.2. The standard InChI is InChI=1S/C15H14BrClFN6OP.C11H14FN4OP.C4HBrCl2N2.C4H10O/c1-24-20-7-11(23-24)8-4-5-10(13(12(8)18)26(2,3)25)21-14-9(16)6-19-15(17)22-14;1-16-14-6-9(15-16)7-4-5-8(13)11(10(7)12)18(2,3)17;5-2-1-8-4(7)9-3(2)6;1-2-3-4-5/h4-7H,1-3H3,(H,19,21,22);4-6H,13H2,1-3H3;1H;5H,2-4H2,1H3. The topological polar surface area (TPSA) is 205 Å². The molecule has 6 aromatic rings. The van der Waals surface area contributed by atoms with Crippen molar-refractivity contribution in [1.82, 2.24) is 49.9 Å². The van der Waals surface area contributed by atoms with E-state index in [1.165, 1.54) is 67.1 Å². The summed E-state index contributed by atoms with van der Waals surface area (Å²) in [7, 11) is -2.49. The van der Waals surface area contributed by atoms with Gasteiger partial charge in [0.15, 0.2) is 0 Å². The van der Waals surface area contributed by atoms with Crippen molar-refractivity contribution < 1.29 is 23.0 Å². The summed E-state index contributed by atoms with van der Waals surface area (Å²) in [5.41, 5.74) is 7.48. The zero-order valence-corrected chi connectivity index (χ0v) is 39.3. The Morgan fingerprint density at radius 2 is 1.26 bits per heavy atom. The molecule has 0 amide bonds. The summed E-state index contributed by atoms with van der Waals surface area (Å²) in [5, 5.41) is 27.7. The summed E-state index contributed by atoms with van der Waals surface area (Å²) in [6, 6.07) is 6.25. The number of aliphatic hydroxyl groups excluding tert-OH is 1. The number of nitrogen functional groups attached to an aromatic ring is 1. The second kappa shape index (κ2) is 21.7. The van der Waals surface area contributed by atoms with Crippen LogP contribution in [0.4, 0.5) is 26.0 Å². The van der Waals surface area contributed by atoms with E-state index in [9.17, 15) is 13.5 Å². The predicted molar refractivity (Wildman–Crippen MR) is 235 cm³/mol. The third-order valence-corrected chi connectivity index (χ3v) is 12.3.